The Hall–Kier alpha value is -0.140. The normalized spacial score (nSPS) is 27.7. The molecule has 1 nitrogen and oxygen atoms in total. The first-order chi connectivity index (χ1) is 5.66. The standard InChI is InChI=1S/C8H7Cl2NS/c9-7-2-1-3-8(10,4-7)5-11-6-12/h1-3H,4-5H2. The van der Waals surface area contributed by atoms with Crippen LogP contribution in [-0.4, -0.2) is 16.6 Å². The van der Waals surface area contributed by atoms with Gasteiger partial charge in [-0.15, -0.1) is 11.6 Å². The summed E-state index contributed by atoms with van der Waals surface area (Å²) in [5.41, 5.74) is 0. The van der Waals surface area contributed by atoms with Crippen LogP contribution >= 0.6 is 35.4 Å². The maximum absolute atomic E-state index is 6.16. The van der Waals surface area contributed by atoms with Gasteiger partial charge in [-0.3, -0.25) is 0 Å². The molecule has 0 heterocycles. The predicted octanol–water partition coefficient (Wildman–Crippen LogP) is 3.15. The molecule has 4 heteroatoms. The molecule has 0 N–H and O–H groups in total. The first kappa shape index (κ1) is 9.94. The van der Waals surface area contributed by atoms with E-state index in [1.165, 1.54) is 0 Å². The summed E-state index contributed by atoms with van der Waals surface area (Å²) in [4.78, 5) is 3.30. The fourth-order valence-corrected chi connectivity index (χ4v) is 1.72. The zero-order valence-corrected chi connectivity index (χ0v) is 8.59. The Labute approximate surface area is 86.8 Å². The fourth-order valence-electron chi connectivity index (χ4n) is 0.996. The fraction of sp³-hybridized carbons (Fsp3) is 0.375. The van der Waals surface area contributed by atoms with E-state index in [-0.39, 0.29) is 0 Å². The molecular weight excluding hydrogens is 213 g/mol. The summed E-state index contributed by atoms with van der Waals surface area (Å²) in [5, 5.41) is 3.03. The molecule has 1 atom stereocenters. The minimum atomic E-state index is -0.502. The van der Waals surface area contributed by atoms with Crippen molar-refractivity contribution >= 4 is 40.6 Å². The number of aliphatic imine (C=N–C) groups is 1. The van der Waals surface area contributed by atoms with E-state index in [2.05, 4.69) is 22.4 Å². The van der Waals surface area contributed by atoms with Crippen molar-refractivity contribution in [1.82, 2.24) is 0 Å². The van der Waals surface area contributed by atoms with Crippen LogP contribution in [0.1, 0.15) is 6.42 Å². The Bertz CT molecular complexity index is 275. The molecule has 1 aliphatic carbocycles. The predicted molar refractivity (Wildman–Crippen MR) is 56.2 cm³/mol. The third kappa shape index (κ3) is 2.72. The number of alkyl halides is 1. The summed E-state index contributed by atoms with van der Waals surface area (Å²) in [7, 11) is 0. The van der Waals surface area contributed by atoms with Crippen LogP contribution in [0.25, 0.3) is 0 Å². The monoisotopic (exact) mass is 219 g/mol. The second-order valence-electron chi connectivity index (χ2n) is 2.59. The van der Waals surface area contributed by atoms with E-state index in [0.29, 0.717) is 13.0 Å². The van der Waals surface area contributed by atoms with Crippen molar-refractivity contribution in [3.63, 3.8) is 0 Å². The highest BCUT2D eigenvalue weighted by molar-refractivity contribution is 7.78. The summed E-state index contributed by atoms with van der Waals surface area (Å²) in [6, 6.07) is 0. The number of allylic oxidation sites excluding steroid dienone is 3. The number of rotatable bonds is 2. The second kappa shape index (κ2) is 4.20. The minimum absolute atomic E-state index is 0.429. The molecule has 1 rings (SSSR count). The average Bonchev–Trinajstić information content (AvgIpc) is 2.01. The van der Waals surface area contributed by atoms with E-state index >= 15 is 0 Å². The molecule has 1 unspecified atom stereocenters. The summed E-state index contributed by atoms with van der Waals surface area (Å²) in [5.74, 6) is 0. The molecular formula is C8H7Cl2NS. The van der Waals surface area contributed by atoms with Crippen LogP contribution in [0.4, 0.5) is 0 Å². The molecule has 1 aliphatic rings. The Morgan fingerprint density at radius 2 is 2.50 bits per heavy atom. The Morgan fingerprint density at radius 1 is 1.75 bits per heavy atom. The third-order valence-electron chi connectivity index (χ3n) is 1.54. The van der Waals surface area contributed by atoms with E-state index in [4.69, 9.17) is 23.2 Å². The van der Waals surface area contributed by atoms with E-state index in [1.807, 2.05) is 18.2 Å². The van der Waals surface area contributed by atoms with E-state index in [9.17, 15) is 0 Å². The lowest BCUT2D eigenvalue weighted by atomic mass is 10.00. The number of nitrogens with zero attached hydrogens (tertiary/aromatic N) is 1. The van der Waals surface area contributed by atoms with Gasteiger partial charge in [-0.25, -0.2) is 4.99 Å². The first-order valence-electron chi connectivity index (χ1n) is 3.43. The quantitative estimate of drug-likeness (QED) is 0.395. The lowest BCUT2D eigenvalue weighted by molar-refractivity contribution is 0.708. The summed E-state index contributed by atoms with van der Waals surface area (Å²) in [6.45, 7) is 0.429. The maximum Gasteiger partial charge on any atom is 0.0880 e. The van der Waals surface area contributed by atoms with Crippen molar-refractivity contribution in [2.45, 2.75) is 11.3 Å². The van der Waals surface area contributed by atoms with Crippen LogP contribution in [0, 0.1) is 0 Å². The topological polar surface area (TPSA) is 12.4 Å². The van der Waals surface area contributed by atoms with Crippen LogP contribution in [-0.2, 0) is 0 Å². The van der Waals surface area contributed by atoms with Crippen LogP contribution in [0.3, 0.4) is 0 Å². The molecule has 0 saturated heterocycles. The molecule has 0 aromatic carbocycles. The van der Waals surface area contributed by atoms with E-state index in [1.54, 1.807) is 0 Å². The van der Waals surface area contributed by atoms with Crippen molar-refractivity contribution in [2.75, 3.05) is 6.54 Å². The first-order valence-corrected chi connectivity index (χ1v) is 4.59. The molecule has 0 aromatic rings. The SMILES string of the molecule is S=C=NCC1(Cl)C=CC=C(Cl)C1. The summed E-state index contributed by atoms with van der Waals surface area (Å²) < 4.78 is 0. The largest absolute Gasteiger partial charge is 0.230 e. The molecule has 12 heavy (non-hydrogen) atoms. The van der Waals surface area contributed by atoms with Gasteiger partial charge in [-0.1, -0.05) is 23.8 Å². The zero-order chi connectivity index (χ0) is 9.03. The van der Waals surface area contributed by atoms with Crippen LogP contribution < -0.4 is 0 Å². The van der Waals surface area contributed by atoms with Crippen molar-refractivity contribution in [1.29, 1.82) is 0 Å². The number of halogens is 2. The van der Waals surface area contributed by atoms with Gasteiger partial charge in [0, 0.05) is 11.5 Å². The van der Waals surface area contributed by atoms with Gasteiger partial charge in [0.2, 0.25) is 0 Å². The van der Waals surface area contributed by atoms with Crippen LogP contribution in [0.2, 0.25) is 0 Å². The smallest absolute Gasteiger partial charge is 0.0880 e. The maximum atomic E-state index is 6.16. The van der Waals surface area contributed by atoms with Gasteiger partial charge in [-0.2, -0.15) is 0 Å². The molecule has 64 valence electrons. The molecule has 0 spiro atoms. The van der Waals surface area contributed by atoms with Gasteiger partial charge in [0.05, 0.1) is 16.6 Å². The van der Waals surface area contributed by atoms with E-state index < -0.39 is 4.87 Å². The highest BCUT2D eigenvalue weighted by atomic mass is 35.5. The van der Waals surface area contributed by atoms with Gasteiger partial charge in [0.15, 0.2) is 0 Å². The second-order valence-corrected chi connectivity index (χ2v) is 4.01. The van der Waals surface area contributed by atoms with Gasteiger partial charge in [0.1, 0.15) is 0 Å². The molecule has 0 amide bonds. The lowest BCUT2D eigenvalue weighted by Gasteiger charge is -2.22. The minimum Gasteiger partial charge on any atom is -0.230 e. The Kier molecular flexibility index (Phi) is 3.48. The highest BCUT2D eigenvalue weighted by Crippen LogP contribution is 2.31. The van der Waals surface area contributed by atoms with Crippen molar-refractivity contribution in [3.05, 3.63) is 23.3 Å². The Morgan fingerprint density at radius 3 is 3.08 bits per heavy atom. The number of thiocarbonyl (C=S) groups is 1. The number of hydrogen-bond acceptors (Lipinski definition) is 2. The number of isothiocyanates is 1. The van der Waals surface area contributed by atoms with Crippen molar-refractivity contribution < 1.29 is 0 Å². The molecule has 0 aliphatic heterocycles. The third-order valence-corrected chi connectivity index (χ3v) is 2.31. The van der Waals surface area contributed by atoms with Crippen molar-refractivity contribution in [3.8, 4) is 0 Å². The average molecular weight is 220 g/mol. The zero-order valence-electron chi connectivity index (χ0n) is 6.26. The van der Waals surface area contributed by atoms with Crippen molar-refractivity contribution in [2.24, 2.45) is 4.99 Å². The van der Waals surface area contributed by atoms with Gasteiger partial charge < -0.3 is 0 Å². The van der Waals surface area contributed by atoms with Gasteiger partial charge in [-0.05, 0) is 18.3 Å². The molecule has 0 bridgehead atoms. The van der Waals surface area contributed by atoms with Gasteiger partial charge in [0.25, 0.3) is 0 Å². The summed E-state index contributed by atoms with van der Waals surface area (Å²) in [6.07, 6.45) is 6.13. The lowest BCUT2D eigenvalue weighted by Crippen LogP contribution is -2.23. The number of hydrogen-bond donors (Lipinski definition) is 0. The molecule has 0 saturated carbocycles. The highest BCUT2D eigenvalue weighted by Gasteiger charge is 2.26. The van der Waals surface area contributed by atoms with E-state index in [0.717, 1.165) is 5.03 Å². The van der Waals surface area contributed by atoms with Gasteiger partial charge >= 0.3 is 0 Å². The summed E-state index contributed by atoms with van der Waals surface area (Å²) >= 11 is 16.4. The van der Waals surface area contributed by atoms with Crippen LogP contribution in [0.15, 0.2) is 28.3 Å². The molecule has 0 radical (unpaired) electrons. The Balaban J connectivity index is 2.68. The molecule has 0 fully saturated rings. The molecule has 0 aromatic heterocycles. The van der Waals surface area contributed by atoms with Crippen LogP contribution in [0.5, 0.6) is 0 Å².